The van der Waals surface area contributed by atoms with Gasteiger partial charge in [0.05, 0.1) is 18.1 Å². The monoisotopic (exact) mass is 532 g/mol. The van der Waals surface area contributed by atoms with Gasteiger partial charge in [-0.1, -0.05) is 35.9 Å². The number of ketones is 1. The molecule has 5 aliphatic rings. The molecule has 0 aromatic heterocycles. The molecule has 7 heteroatoms. The first-order valence-electron chi connectivity index (χ1n) is 13.8. The van der Waals surface area contributed by atoms with Gasteiger partial charge >= 0.3 is 0 Å². The fourth-order valence-electron chi connectivity index (χ4n) is 7.90. The molecule has 4 atom stereocenters. The van der Waals surface area contributed by atoms with E-state index in [2.05, 4.69) is 16.3 Å². The third-order valence-electron chi connectivity index (χ3n) is 9.70. The van der Waals surface area contributed by atoms with Gasteiger partial charge in [-0.2, -0.15) is 0 Å². The summed E-state index contributed by atoms with van der Waals surface area (Å²) >= 11 is 6.01. The van der Waals surface area contributed by atoms with Gasteiger partial charge in [-0.3, -0.25) is 14.5 Å². The number of methoxy groups -OCH3 is 1. The number of hydrogen-bond donors (Lipinski definition) is 1. The van der Waals surface area contributed by atoms with Crippen LogP contribution in [0.4, 0.5) is 0 Å². The maximum atomic E-state index is 13.6. The van der Waals surface area contributed by atoms with Crippen LogP contribution in [0.2, 0.25) is 5.02 Å². The van der Waals surface area contributed by atoms with Crippen molar-refractivity contribution < 1.29 is 19.1 Å². The van der Waals surface area contributed by atoms with Crippen molar-refractivity contribution in [3.8, 4) is 11.5 Å². The van der Waals surface area contributed by atoms with Crippen molar-refractivity contribution in [1.29, 1.82) is 0 Å². The highest BCUT2D eigenvalue weighted by atomic mass is 35.5. The number of allylic oxidation sites excluding steroid dienone is 1. The molecule has 38 heavy (non-hydrogen) atoms. The number of benzene rings is 2. The first kappa shape index (κ1) is 24.2. The van der Waals surface area contributed by atoms with Crippen LogP contribution in [0.25, 0.3) is 0 Å². The lowest BCUT2D eigenvalue weighted by Crippen LogP contribution is -2.81. The minimum Gasteiger partial charge on any atom is -0.493 e. The molecule has 2 aliphatic heterocycles. The maximum absolute atomic E-state index is 13.6. The second kappa shape index (κ2) is 8.85. The number of amides is 1. The van der Waals surface area contributed by atoms with Crippen molar-refractivity contribution in [3.05, 3.63) is 70.3 Å². The lowest BCUT2D eigenvalue weighted by Gasteiger charge is -2.65. The van der Waals surface area contributed by atoms with Crippen LogP contribution < -0.4 is 14.8 Å². The number of ether oxygens (including phenoxy) is 2. The standard InChI is InChI=1S/C31H33ClN2O4/c1-37-24-12-9-21-17-25-31(33-26(36)4-2-3-19-7-10-22(32)11-8-19)14-13-23(35)29-30(31,27(21)28(24)38-29)15-16-34(25)18-20-5-6-20/h2,4,7-12,20,25,29H,3,5-6,13-18H2,1H3,(H,33,36)/b4-2+/t25-,29+,30+,31-/m1/s1. The molecule has 3 aliphatic carbocycles. The Bertz CT molecular complexity index is 1340. The number of carbonyl (C=O) groups excluding carboxylic acids is 2. The third-order valence-corrected chi connectivity index (χ3v) is 9.95. The summed E-state index contributed by atoms with van der Waals surface area (Å²) < 4.78 is 12.2. The van der Waals surface area contributed by atoms with Crippen molar-refractivity contribution in [3.63, 3.8) is 0 Å². The second-order valence-corrected chi connectivity index (χ2v) is 12.1. The number of likely N-dealkylation sites (tertiary alicyclic amines) is 1. The van der Waals surface area contributed by atoms with Crippen LogP contribution in [0.3, 0.4) is 0 Å². The van der Waals surface area contributed by atoms with Gasteiger partial charge in [0, 0.05) is 29.6 Å². The first-order chi connectivity index (χ1) is 18.4. The largest absolute Gasteiger partial charge is 0.493 e. The normalized spacial score (nSPS) is 31.2. The molecular formula is C31H33ClN2O4. The van der Waals surface area contributed by atoms with Gasteiger partial charge in [-0.05, 0) is 86.4 Å². The van der Waals surface area contributed by atoms with Crippen molar-refractivity contribution in [2.45, 2.75) is 68.0 Å². The lowest BCUT2D eigenvalue weighted by atomic mass is 9.47. The number of rotatable bonds is 7. The van der Waals surface area contributed by atoms with E-state index < -0.39 is 17.1 Å². The number of Topliss-reactive ketones (excluding diaryl/α,β-unsaturated/α-hetero) is 1. The topological polar surface area (TPSA) is 67.9 Å². The fourth-order valence-corrected chi connectivity index (χ4v) is 8.02. The summed E-state index contributed by atoms with van der Waals surface area (Å²) in [6.07, 6.45) is 8.84. The molecule has 1 N–H and O–H groups in total. The Labute approximate surface area is 228 Å². The van der Waals surface area contributed by atoms with E-state index >= 15 is 0 Å². The molecule has 7 rings (SSSR count). The summed E-state index contributed by atoms with van der Waals surface area (Å²) in [5.41, 5.74) is 2.27. The van der Waals surface area contributed by atoms with Gasteiger partial charge in [-0.15, -0.1) is 0 Å². The Hall–Kier alpha value is -2.83. The van der Waals surface area contributed by atoms with Crippen LogP contribution in [0.1, 0.15) is 48.8 Å². The number of halogens is 1. The predicted octanol–water partition coefficient (Wildman–Crippen LogP) is 4.40. The van der Waals surface area contributed by atoms with Gasteiger partial charge < -0.3 is 14.8 Å². The van der Waals surface area contributed by atoms with Crippen LogP contribution in [-0.2, 0) is 27.8 Å². The Morgan fingerprint density at radius 1 is 1.21 bits per heavy atom. The van der Waals surface area contributed by atoms with Crippen LogP contribution in [-0.4, -0.2) is 54.5 Å². The molecule has 198 valence electrons. The number of nitrogens with zero attached hydrogens (tertiary/aromatic N) is 1. The fraction of sp³-hybridized carbons (Fsp3) is 0.484. The van der Waals surface area contributed by atoms with Crippen LogP contribution >= 0.6 is 11.6 Å². The first-order valence-corrected chi connectivity index (χ1v) is 14.2. The zero-order valence-electron chi connectivity index (χ0n) is 21.7. The zero-order chi connectivity index (χ0) is 26.1. The average molecular weight is 533 g/mol. The Morgan fingerprint density at radius 2 is 2.03 bits per heavy atom. The van der Waals surface area contributed by atoms with E-state index in [9.17, 15) is 9.59 Å². The third kappa shape index (κ3) is 3.49. The van der Waals surface area contributed by atoms with E-state index in [1.54, 1.807) is 13.2 Å². The van der Waals surface area contributed by atoms with E-state index in [-0.39, 0.29) is 17.7 Å². The maximum Gasteiger partial charge on any atom is 0.244 e. The molecule has 3 fully saturated rings. The van der Waals surface area contributed by atoms with Crippen molar-refractivity contribution in [1.82, 2.24) is 10.2 Å². The number of carbonyl (C=O) groups is 2. The summed E-state index contributed by atoms with van der Waals surface area (Å²) in [4.78, 5) is 29.7. The molecule has 2 bridgehead atoms. The van der Waals surface area contributed by atoms with Crippen molar-refractivity contribution in [2.75, 3.05) is 20.2 Å². The minimum atomic E-state index is -0.592. The van der Waals surface area contributed by atoms with E-state index in [0.717, 1.165) is 43.0 Å². The molecule has 2 saturated carbocycles. The quantitative estimate of drug-likeness (QED) is 0.535. The molecule has 1 spiro atoms. The molecule has 1 amide bonds. The average Bonchev–Trinajstić information content (AvgIpc) is 3.65. The van der Waals surface area contributed by atoms with Gasteiger partial charge in [0.2, 0.25) is 5.91 Å². The second-order valence-electron chi connectivity index (χ2n) is 11.7. The summed E-state index contributed by atoms with van der Waals surface area (Å²) in [6.45, 7) is 1.97. The molecule has 1 saturated heterocycles. The number of piperidine rings is 1. The summed E-state index contributed by atoms with van der Waals surface area (Å²) in [5, 5.41) is 4.25. The molecule has 0 radical (unpaired) electrons. The number of nitrogens with one attached hydrogen (secondary N) is 1. The van der Waals surface area contributed by atoms with Crippen molar-refractivity contribution >= 4 is 23.3 Å². The zero-order valence-corrected chi connectivity index (χ0v) is 22.4. The molecule has 2 aromatic carbocycles. The highest BCUT2D eigenvalue weighted by Crippen LogP contribution is 2.65. The van der Waals surface area contributed by atoms with E-state index in [1.165, 1.54) is 18.4 Å². The molecule has 2 aromatic rings. The molecule has 2 heterocycles. The Balaban J connectivity index is 1.28. The van der Waals surface area contributed by atoms with E-state index in [0.29, 0.717) is 35.8 Å². The lowest BCUT2D eigenvalue weighted by molar-refractivity contribution is -0.148. The van der Waals surface area contributed by atoms with Gasteiger partial charge in [0.15, 0.2) is 23.4 Å². The van der Waals surface area contributed by atoms with Gasteiger partial charge in [0.25, 0.3) is 0 Å². The summed E-state index contributed by atoms with van der Waals surface area (Å²) in [6, 6.07) is 11.9. The summed E-state index contributed by atoms with van der Waals surface area (Å²) in [7, 11) is 1.65. The van der Waals surface area contributed by atoms with Gasteiger partial charge in [0.1, 0.15) is 0 Å². The minimum absolute atomic E-state index is 0.107. The Kier molecular flexibility index (Phi) is 5.64. The van der Waals surface area contributed by atoms with E-state index in [4.69, 9.17) is 21.1 Å². The molecule has 0 unspecified atom stereocenters. The molecular weight excluding hydrogens is 500 g/mol. The predicted molar refractivity (Wildman–Crippen MR) is 145 cm³/mol. The molecule has 6 nitrogen and oxygen atoms in total. The van der Waals surface area contributed by atoms with Crippen molar-refractivity contribution in [2.24, 2.45) is 5.92 Å². The van der Waals surface area contributed by atoms with E-state index in [1.807, 2.05) is 36.4 Å². The smallest absolute Gasteiger partial charge is 0.244 e. The number of hydrogen-bond acceptors (Lipinski definition) is 5. The van der Waals surface area contributed by atoms with Crippen LogP contribution in [0, 0.1) is 5.92 Å². The van der Waals surface area contributed by atoms with Crippen LogP contribution in [0.5, 0.6) is 11.5 Å². The highest BCUT2D eigenvalue weighted by Gasteiger charge is 2.73. The summed E-state index contributed by atoms with van der Waals surface area (Å²) in [5.74, 6) is 2.14. The Morgan fingerprint density at radius 3 is 2.79 bits per heavy atom. The van der Waals surface area contributed by atoms with Gasteiger partial charge in [-0.25, -0.2) is 0 Å². The van der Waals surface area contributed by atoms with Crippen LogP contribution in [0.15, 0.2) is 48.6 Å². The SMILES string of the molecule is COc1ccc2c3c1O[C@H]1C(=O)CC[C@@]4(NC(=O)/C=C/Cc5ccc(Cl)cc5)[C@@H](C2)N(CC2CC2)CC[C@]314. The highest BCUT2D eigenvalue weighted by molar-refractivity contribution is 6.30.